The molecule has 26 heavy (non-hydrogen) atoms. The number of carbonyl (C=O) groups is 1. The second kappa shape index (κ2) is 6.29. The lowest BCUT2D eigenvalue weighted by molar-refractivity contribution is -0.384. The number of benzene rings is 2. The van der Waals surface area contributed by atoms with Crippen molar-refractivity contribution in [3.8, 4) is 0 Å². The zero-order valence-corrected chi connectivity index (χ0v) is 14.4. The Bertz CT molecular complexity index is 991. The molecule has 1 atom stereocenters. The van der Waals surface area contributed by atoms with Crippen molar-refractivity contribution in [3.63, 3.8) is 0 Å². The van der Waals surface area contributed by atoms with Crippen LogP contribution in [0.15, 0.2) is 48.5 Å². The molecule has 2 aromatic carbocycles. The summed E-state index contributed by atoms with van der Waals surface area (Å²) < 4.78 is 0. The Balaban J connectivity index is 1.89. The van der Waals surface area contributed by atoms with Crippen LogP contribution in [0, 0.1) is 17.0 Å². The highest BCUT2D eigenvalue weighted by Crippen LogP contribution is 2.38. The number of amides is 1. The van der Waals surface area contributed by atoms with E-state index < -0.39 is 4.92 Å². The van der Waals surface area contributed by atoms with E-state index >= 15 is 0 Å². The predicted octanol–water partition coefficient (Wildman–Crippen LogP) is 4.10. The van der Waals surface area contributed by atoms with Crippen LogP contribution in [0.5, 0.6) is 0 Å². The van der Waals surface area contributed by atoms with E-state index in [9.17, 15) is 14.9 Å². The monoisotopic (exact) mass is 349 g/mol. The number of nitrogens with zero attached hydrogens (tertiary/aromatic N) is 2. The van der Waals surface area contributed by atoms with Gasteiger partial charge in [-0.3, -0.25) is 14.9 Å². The number of aromatic nitrogens is 1. The summed E-state index contributed by atoms with van der Waals surface area (Å²) in [6.07, 6.45) is 1.38. The largest absolute Gasteiger partial charge is 0.358 e. The first-order valence-corrected chi connectivity index (χ1v) is 8.67. The maximum absolute atomic E-state index is 12.5. The first-order chi connectivity index (χ1) is 12.6. The average Bonchev–Trinajstić information content (AvgIpc) is 3.20. The Morgan fingerprint density at radius 2 is 1.88 bits per heavy atom. The summed E-state index contributed by atoms with van der Waals surface area (Å²) >= 11 is 0. The topological polar surface area (TPSA) is 79.2 Å². The summed E-state index contributed by atoms with van der Waals surface area (Å²) in [4.78, 5) is 28.4. The van der Waals surface area contributed by atoms with Gasteiger partial charge in [0, 0.05) is 47.3 Å². The van der Waals surface area contributed by atoms with E-state index in [0.29, 0.717) is 13.0 Å². The highest BCUT2D eigenvalue weighted by atomic mass is 16.6. The number of fused-ring (bicyclic) bond motifs is 1. The second-order valence-corrected chi connectivity index (χ2v) is 6.65. The molecule has 6 nitrogen and oxygen atoms in total. The SMILES string of the molecule is Cc1[nH]c2ccccc2c1C(c1ccc([N+](=O)[O-])cc1)N1CCCC1=O. The third kappa shape index (κ3) is 2.63. The molecule has 0 radical (unpaired) electrons. The van der Waals surface area contributed by atoms with Gasteiger partial charge in [0.15, 0.2) is 0 Å². The van der Waals surface area contributed by atoms with Gasteiger partial charge in [-0.15, -0.1) is 0 Å². The standard InChI is InChI=1S/C20H19N3O3/c1-13-19(16-5-2-3-6-17(16)21-13)20(22-12-4-7-18(22)24)14-8-10-15(11-9-14)23(25)26/h2-3,5-6,8-11,20-21H,4,7,12H2,1H3. The summed E-state index contributed by atoms with van der Waals surface area (Å²) in [7, 11) is 0. The Kier molecular flexibility index (Phi) is 3.95. The molecule has 1 aromatic heterocycles. The zero-order chi connectivity index (χ0) is 18.3. The van der Waals surface area contributed by atoms with Crippen LogP contribution in [0.1, 0.15) is 35.7 Å². The quantitative estimate of drug-likeness (QED) is 0.569. The Morgan fingerprint density at radius 1 is 1.15 bits per heavy atom. The number of likely N-dealkylation sites (tertiary alicyclic amines) is 1. The van der Waals surface area contributed by atoms with Gasteiger partial charge in [0.05, 0.1) is 11.0 Å². The first-order valence-electron chi connectivity index (χ1n) is 8.67. The highest BCUT2D eigenvalue weighted by molar-refractivity contribution is 5.87. The van der Waals surface area contributed by atoms with Crippen LogP contribution in [-0.4, -0.2) is 27.3 Å². The third-order valence-corrected chi connectivity index (χ3v) is 5.06. The van der Waals surface area contributed by atoms with Crippen molar-refractivity contribution < 1.29 is 9.72 Å². The number of hydrogen-bond donors (Lipinski definition) is 1. The molecule has 1 saturated heterocycles. The fourth-order valence-corrected chi connectivity index (χ4v) is 3.87. The van der Waals surface area contributed by atoms with E-state index in [-0.39, 0.29) is 17.6 Å². The van der Waals surface area contributed by atoms with E-state index in [1.54, 1.807) is 12.1 Å². The molecule has 1 unspecified atom stereocenters. The molecule has 3 aromatic rings. The van der Waals surface area contributed by atoms with Crippen LogP contribution in [-0.2, 0) is 4.79 Å². The lowest BCUT2D eigenvalue weighted by Gasteiger charge is -2.29. The van der Waals surface area contributed by atoms with Gasteiger partial charge in [-0.25, -0.2) is 0 Å². The van der Waals surface area contributed by atoms with Gasteiger partial charge in [0.1, 0.15) is 0 Å². The minimum absolute atomic E-state index is 0.0518. The molecule has 1 aliphatic heterocycles. The number of aromatic amines is 1. The fraction of sp³-hybridized carbons (Fsp3) is 0.250. The highest BCUT2D eigenvalue weighted by Gasteiger charge is 2.33. The van der Waals surface area contributed by atoms with E-state index in [1.165, 1.54) is 12.1 Å². The minimum atomic E-state index is -0.406. The van der Waals surface area contributed by atoms with E-state index in [1.807, 2.05) is 36.1 Å². The molecule has 0 saturated carbocycles. The number of nitrogens with one attached hydrogen (secondary N) is 1. The number of carbonyl (C=O) groups excluding carboxylic acids is 1. The fourth-order valence-electron chi connectivity index (χ4n) is 3.87. The van der Waals surface area contributed by atoms with E-state index in [2.05, 4.69) is 4.98 Å². The van der Waals surface area contributed by atoms with Gasteiger partial charge in [-0.05, 0) is 37.1 Å². The van der Waals surface area contributed by atoms with Crippen molar-refractivity contribution in [1.82, 2.24) is 9.88 Å². The van der Waals surface area contributed by atoms with Gasteiger partial charge in [-0.1, -0.05) is 18.2 Å². The minimum Gasteiger partial charge on any atom is -0.358 e. The van der Waals surface area contributed by atoms with Gasteiger partial charge in [-0.2, -0.15) is 0 Å². The molecule has 1 amide bonds. The van der Waals surface area contributed by atoms with Crippen LogP contribution in [0.2, 0.25) is 0 Å². The lowest BCUT2D eigenvalue weighted by atomic mass is 9.94. The smallest absolute Gasteiger partial charge is 0.269 e. The van der Waals surface area contributed by atoms with E-state index in [4.69, 9.17) is 0 Å². The maximum Gasteiger partial charge on any atom is 0.269 e. The molecule has 132 valence electrons. The molecular weight excluding hydrogens is 330 g/mol. The second-order valence-electron chi connectivity index (χ2n) is 6.65. The Hall–Kier alpha value is -3.15. The number of aryl methyl sites for hydroxylation is 1. The summed E-state index contributed by atoms with van der Waals surface area (Å²) in [6, 6.07) is 14.3. The van der Waals surface area contributed by atoms with Crippen LogP contribution < -0.4 is 0 Å². The average molecular weight is 349 g/mol. The van der Waals surface area contributed by atoms with Crippen LogP contribution in [0.4, 0.5) is 5.69 Å². The van der Waals surface area contributed by atoms with Gasteiger partial charge >= 0.3 is 0 Å². The summed E-state index contributed by atoms with van der Waals surface area (Å²) in [5.41, 5.74) is 4.03. The molecule has 1 fully saturated rings. The predicted molar refractivity (Wildman–Crippen MR) is 98.9 cm³/mol. The van der Waals surface area contributed by atoms with Gasteiger partial charge < -0.3 is 9.88 Å². The lowest BCUT2D eigenvalue weighted by Crippen LogP contribution is -2.31. The number of H-pyrrole nitrogens is 1. The number of nitro benzene ring substituents is 1. The van der Waals surface area contributed by atoms with Crippen LogP contribution in [0.3, 0.4) is 0 Å². The van der Waals surface area contributed by atoms with E-state index in [0.717, 1.165) is 34.1 Å². The van der Waals surface area contributed by atoms with Crippen molar-refractivity contribution in [3.05, 3.63) is 75.5 Å². The normalized spacial score (nSPS) is 15.6. The Labute approximate surface area is 150 Å². The summed E-state index contributed by atoms with van der Waals surface area (Å²) in [6.45, 7) is 2.70. The van der Waals surface area contributed by atoms with Crippen molar-refractivity contribution in [2.24, 2.45) is 0 Å². The molecule has 0 spiro atoms. The summed E-state index contributed by atoms with van der Waals surface area (Å²) in [5, 5.41) is 12.1. The molecule has 6 heteroatoms. The maximum atomic E-state index is 12.5. The number of non-ortho nitro benzene ring substituents is 1. The Morgan fingerprint density at radius 3 is 2.54 bits per heavy atom. The molecule has 0 bridgehead atoms. The van der Waals surface area contributed by atoms with Gasteiger partial charge in [0.25, 0.3) is 5.69 Å². The number of hydrogen-bond acceptors (Lipinski definition) is 3. The van der Waals surface area contributed by atoms with Crippen LogP contribution in [0.25, 0.3) is 10.9 Å². The molecule has 1 aliphatic rings. The number of rotatable bonds is 4. The molecule has 4 rings (SSSR count). The third-order valence-electron chi connectivity index (χ3n) is 5.06. The van der Waals surface area contributed by atoms with Crippen LogP contribution >= 0.6 is 0 Å². The summed E-state index contributed by atoms with van der Waals surface area (Å²) in [5.74, 6) is 0.123. The van der Waals surface area contributed by atoms with Crippen molar-refractivity contribution in [1.29, 1.82) is 0 Å². The molecule has 0 aliphatic carbocycles. The van der Waals surface area contributed by atoms with Gasteiger partial charge in [0.2, 0.25) is 5.91 Å². The number of para-hydroxylation sites is 1. The molecule has 1 N–H and O–H groups in total. The van der Waals surface area contributed by atoms with Crippen molar-refractivity contribution >= 4 is 22.5 Å². The van der Waals surface area contributed by atoms with Crippen molar-refractivity contribution in [2.75, 3.05) is 6.54 Å². The zero-order valence-electron chi connectivity index (χ0n) is 14.4. The first kappa shape index (κ1) is 16.3. The van der Waals surface area contributed by atoms with Crippen molar-refractivity contribution in [2.45, 2.75) is 25.8 Å². The number of nitro groups is 1. The molecule has 2 heterocycles. The molecular formula is C20H19N3O3.